The van der Waals surface area contributed by atoms with E-state index in [2.05, 4.69) is 21.4 Å². The third kappa shape index (κ3) is 4.06. The van der Waals surface area contributed by atoms with E-state index in [1.54, 1.807) is 13.3 Å². The van der Waals surface area contributed by atoms with Crippen LogP contribution in [0.15, 0.2) is 30.5 Å². The Bertz CT molecular complexity index is 807. The number of ether oxygens (including phenoxy) is 3. The van der Waals surface area contributed by atoms with Crippen molar-refractivity contribution in [1.82, 2.24) is 20.0 Å². The number of benzene rings is 1. The molecule has 1 N–H and O–H groups in total. The molecule has 2 aromatic rings. The van der Waals surface area contributed by atoms with Crippen LogP contribution in [-0.4, -0.2) is 54.2 Å². The van der Waals surface area contributed by atoms with Crippen molar-refractivity contribution in [3.63, 3.8) is 0 Å². The minimum atomic E-state index is 0.0142. The third-order valence-electron chi connectivity index (χ3n) is 4.85. The van der Waals surface area contributed by atoms with Crippen molar-refractivity contribution in [1.29, 1.82) is 0 Å². The maximum atomic E-state index is 12.3. The largest absolute Gasteiger partial charge is 0.454 e. The number of rotatable bonds is 7. The lowest BCUT2D eigenvalue weighted by Gasteiger charge is -2.33. The summed E-state index contributed by atoms with van der Waals surface area (Å²) in [6, 6.07) is 8.07. The highest BCUT2D eigenvalue weighted by Gasteiger charge is 2.27. The summed E-state index contributed by atoms with van der Waals surface area (Å²) in [7, 11) is 1.62. The maximum Gasteiger partial charge on any atom is 0.231 e. The Kier molecular flexibility index (Phi) is 5.26. The summed E-state index contributed by atoms with van der Waals surface area (Å²) in [6.45, 7) is 3.66. The average Bonchev–Trinajstić information content (AvgIpc) is 3.30. The molecule has 144 valence electrons. The van der Waals surface area contributed by atoms with E-state index in [1.807, 2.05) is 22.9 Å². The number of nitrogens with one attached hydrogen (secondary N) is 1. The van der Waals surface area contributed by atoms with Crippen molar-refractivity contribution in [3.05, 3.63) is 41.7 Å². The molecule has 8 heteroatoms. The van der Waals surface area contributed by atoms with Gasteiger partial charge in [-0.15, -0.1) is 0 Å². The molecule has 3 heterocycles. The molecule has 2 aliphatic rings. The van der Waals surface area contributed by atoms with Crippen LogP contribution in [0.1, 0.15) is 23.7 Å². The molecular weight excluding hydrogens is 348 g/mol. The van der Waals surface area contributed by atoms with Gasteiger partial charge in [-0.3, -0.25) is 14.4 Å². The van der Waals surface area contributed by atoms with E-state index >= 15 is 0 Å². The highest BCUT2D eigenvalue weighted by Crippen LogP contribution is 2.33. The Balaban J connectivity index is 1.42. The number of aromatic nitrogens is 2. The average molecular weight is 372 g/mol. The van der Waals surface area contributed by atoms with Crippen LogP contribution in [0.4, 0.5) is 0 Å². The summed E-state index contributed by atoms with van der Waals surface area (Å²) in [6.07, 6.45) is 2.20. The van der Waals surface area contributed by atoms with Crippen molar-refractivity contribution >= 4 is 5.91 Å². The van der Waals surface area contributed by atoms with Gasteiger partial charge < -0.3 is 19.5 Å². The lowest BCUT2D eigenvalue weighted by atomic mass is 10.1. The molecule has 8 nitrogen and oxygen atoms in total. The third-order valence-corrected chi connectivity index (χ3v) is 4.85. The number of amides is 1. The second-order valence-corrected chi connectivity index (χ2v) is 6.83. The van der Waals surface area contributed by atoms with Gasteiger partial charge in [0.1, 0.15) is 0 Å². The van der Waals surface area contributed by atoms with Gasteiger partial charge >= 0.3 is 0 Å². The lowest BCUT2D eigenvalue weighted by Crippen LogP contribution is -2.40. The molecule has 0 saturated heterocycles. The smallest absolute Gasteiger partial charge is 0.231 e. The minimum absolute atomic E-state index is 0.0142. The Morgan fingerprint density at radius 3 is 3.11 bits per heavy atom. The van der Waals surface area contributed by atoms with Crippen LogP contribution in [0, 0.1) is 0 Å². The van der Waals surface area contributed by atoms with E-state index in [9.17, 15) is 4.79 Å². The van der Waals surface area contributed by atoms with Gasteiger partial charge in [0.25, 0.3) is 0 Å². The zero-order valence-electron chi connectivity index (χ0n) is 15.4. The number of carbonyl (C=O) groups excluding carboxylic acids is 1. The Labute approximate surface area is 158 Å². The van der Waals surface area contributed by atoms with Crippen LogP contribution in [0.3, 0.4) is 0 Å². The van der Waals surface area contributed by atoms with Crippen LogP contribution >= 0.6 is 0 Å². The molecular formula is C19H24N4O4. The predicted octanol–water partition coefficient (Wildman–Crippen LogP) is 1.32. The van der Waals surface area contributed by atoms with Gasteiger partial charge in [0.05, 0.1) is 24.8 Å². The van der Waals surface area contributed by atoms with Crippen molar-refractivity contribution in [3.8, 4) is 11.5 Å². The summed E-state index contributed by atoms with van der Waals surface area (Å²) in [5, 5.41) is 7.32. The van der Waals surface area contributed by atoms with Crippen LogP contribution in [0.2, 0.25) is 0 Å². The molecule has 0 aliphatic carbocycles. The molecule has 1 amide bonds. The first-order valence-electron chi connectivity index (χ1n) is 9.12. The molecule has 1 aromatic heterocycles. The Morgan fingerprint density at radius 1 is 1.33 bits per heavy atom. The van der Waals surface area contributed by atoms with Crippen LogP contribution in [0.5, 0.6) is 11.5 Å². The quantitative estimate of drug-likeness (QED) is 0.739. The molecule has 0 spiro atoms. The van der Waals surface area contributed by atoms with E-state index in [-0.39, 0.29) is 18.7 Å². The van der Waals surface area contributed by atoms with Gasteiger partial charge in [0, 0.05) is 39.5 Å². The molecule has 0 radical (unpaired) electrons. The van der Waals surface area contributed by atoms with Gasteiger partial charge in [0.15, 0.2) is 11.5 Å². The molecule has 1 aromatic carbocycles. The van der Waals surface area contributed by atoms with Crippen LogP contribution in [0.25, 0.3) is 0 Å². The van der Waals surface area contributed by atoms with Crippen molar-refractivity contribution in [2.24, 2.45) is 0 Å². The SMILES string of the molecule is COCCNC(=O)C[C@H]1CN(Cc2ccc3c(c2)OCO3)Cc2ccnn21. The second-order valence-electron chi connectivity index (χ2n) is 6.83. The number of carbonyl (C=O) groups is 1. The Hall–Kier alpha value is -2.58. The Morgan fingerprint density at radius 2 is 2.22 bits per heavy atom. The fourth-order valence-corrected chi connectivity index (χ4v) is 3.61. The zero-order chi connectivity index (χ0) is 18.6. The number of hydrogen-bond donors (Lipinski definition) is 1. The first kappa shape index (κ1) is 17.8. The minimum Gasteiger partial charge on any atom is -0.454 e. The molecule has 2 aliphatic heterocycles. The number of fused-ring (bicyclic) bond motifs is 2. The summed E-state index contributed by atoms with van der Waals surface area (Å²) in [4.78, 5) is 14.6. The van der Waals surface area contributed by atoms with Gasteiger partial charge in [-0.05, 0) is 23.8 Å². The van der Waals surface area contributed by atoms with Gasteiger partial charge in [-0.1, -0.05) is 6.07 Å². The lowest BCUT2D eigenvalue weighted by molar-refractivity contribution is -0.122. The highest BCUT2D eigenvalue weighted by atomic mass is 16.7. The zero-order valence-corrected chi connectivity index (χ0v) is 15.4. The topological polar surface area (TPSA) is 77.8 Å². The summed E-state index contributed by atoms with van der Waals surface area (Å²) < 4.78 is 17.8. The molecule has 27 heavy (non-hydrogen) atoms. The number of methoxy groups -OCH3 is 1. The van der Waals surface area contributed by atoms with Gasteiger partial charge in [-0.25, -0.2) is 0 Å². The summed E-state index contributed by atoms with van der Waals surface area (Å²) in [5.74, 6) is 1.60. The normalized spacial score (nSPS) is 18.3. The molecule has 1 atom stereocenters. The van der Waals surface area contributed by atoms with Gasteiger partial charge in [0.2, 0.25) is 12.7 Å². The van der Waals surface area contributed by atoms with E-state index in [0.717, 1.165) is 42.4 Å². The maximum absolute atomic E-state index is 12.3. The monoisotopic (exact) mass is 372 g/mol. The van der Waals surface area contributed by atoms with E-state index < -0.39 is 0 Å². The van der Waals surface area contributed by atoms with E-state index in [1.165, 1.54) is 0 Å². The highest BCUT2D eigenvalue weighted by molar-refractivity contribution is 5.76. The van der Waals surface area contributed by atoms with Crippen molar-refractivity contribution in [2.75, 3.05) is 33.6 Å². The molecule has 0 bridgehead atoms. The first-order valence-corrected chi connectivity index (χ1v) is 9.12. The van der Waals surface area contributed by atoms with E-state index in [4.69, 9.17) is 14.2 Å². The fraction of sp³-hybridized carbons (Fsp3) is 0.474. The number of hydrogen-bond acceptors (Lipinski definition) is 6. The van der Waals surface area contributed by atoms with Gasteiger partial charge in [-0.2, -0.15) is 5.10 Å². The fourth-order valence-electron chi connectivity index (χ4n) is 3.61. The molecule has 0 saturated carbocycles. The predicted molar refractivity (Wildman–Crippen MR) is 97.4 cm³/mol. The molecule has 0 fully saturated rings. The molecule has 0 unspecified atom stereocenters. The first-order chi connectivity index (χ1) is 13.2. The van der Waals surface area contributed by atoms with Crippen LogP contribution in [-0.2, 0) is 22.6 Å². The van der Waals surface area contributed by atoms with Crippen LogP contribution < -0.4 is 14.8 Å². The standard InChI is InChI=1S/C19H24N4O4/c1-25-7-6-20-19(24)9-16-12-22(11-15-4-5-21-23(15)16)10-14-2-3-17-18(8-14)27-13-26-17/h2-5,8,16H,6-7,9-13H2,1H3,(H,20,24)/t16-/m0/s1. The van der Waals surface area contributed by atoms with Crippen molar-refractivity contribution in [2.45, 2.75) is 25.6 Å². The molecule has 4 rings (SSSR count). The summed E-state index contributed by atoms with van der Waals surface area (Å²) >= 11 is 0. The van der Waals surface area contributed by atoms with Crippen molar-refractivity contribution < 1.29 is 19.0 Å². The number of nitrogens with zero attached hydrogens (tertiary/aromatic N) is 3. The van der Waals surface area contributed by atoms with E-state index in [0.29, 0.717) is 19.6 Å². The second kappa shape index (κ2) is 7.98. The summed E-state index contributed by atoms with van der Waals surface area (Å²) in [5.41, 5.74) is 2.28.